The van der Waals surface area contributed by atoms with E-state index in [0.29, 0.717) is 38.4 Å². The van der Waals surface area contributed by atoms with E-state index in [1.165, 1.54) is 154 Å². The van der Waals surface area contributed by atoms with Crippen molar-refractivity contribution >= 4 is 0 Å². The van der Waals surface area contributed by atoms with Gasteiger partial charge in [-0.2, -0.15) is 0 Å². The molecular formula is C86H146O3. The molecule has 0 radical (unpaired) electrons. The molecule has 0 aliphatic heterocycles. The molecule has 9 saturated carbocycles. The zero-order valence-electron chi connectivity index (χ0n) is 61.8. The number of aliphatic hydroxyl groups is 3. The van der Waals surface area contributed by atoms with E-state index in [-0.39, 0.29) is 18.3 Å². The second-order valence-corrected chi connectivity index (χ2v) is 38.0. The molecule has 12 unspecified atom stereocenters. The zero-order valence-corrected chi connectivity index (χ0v) is 61.8. The highest BCUT2D eigenvalue weighted by Gasteiger charge is 2.62. The molecule has 12 rings (SSSR count). The van der Waals surface area contributed by atoms with Crippen molar-refractivity contribution in [1.82, 2.24) is 0 Å². The van der Waals surface area contributed by atoms with Gasteiger partial charge in [-0.1, -0.05) is 197 Å². The van der Waals surface area contributed by atoms with Crippen LogP contribution in [-0.4, -0.2) is 33.6 Å². The van der Waals surface area contributed by atoms with E-state index < -0.39 is 0 Å². The highest BCUT2D eigenvalue weighted by molar-refractivity contribution is 5.28. The van der Waals surface area contributed by atoms with Crippen LogP contribution in [0.15, 0.2) is 47.1 Å². The van der Waals surface area contributed by atoms with Crippen molar-refractivity contribution < 1.29 is 15.3 Å². The van der Waals surface area contributed by atoms with Crippen molar-refractivity contribution in [2.45, 2.75) is 336 Å². The monoisotopic (exact) mass is 1230 g/mol. The number of allylic oxidation sites excluding steroid dienone is 5. The molecule has 3 heteroatoms. The number of hydrogen-bond acceptors (Lipinski definition) is 3. The van der Waals surface area contributed by atoms with E-state index in [2.05, 4.69) is 155 Å². The Morgan fingerprint density at radius 2 is 0.764 bits per heavy atom. The van der Waals surface area contributed by atoms with Gasteiger partial charge in [0.05, 0.1) is 18.3 Å². The summed E-state index contributed by atoms with van der Waals surface area (Å²) < 4.78 is 0. The number of fused-ring (bicyclic) bond motifs is 15. The van der Waals surface area contributed by atoms with E-state index in [4.69, 9.17) is 0 Å². The van der Waals surface area contributed by atoms with Crippen molar-refractivity contribution in [3.8, 4) is 0 Å². The van der Waals surface area contributed by atoms with Crippen molar-refractivity contribution in [3.05, 3.63) is 47.1 Å². The van der Waals surface area contributed by atoms with Gasteiger partial charge in [-0.25, -0.2) is 0 Å². The molecule has 0 aromatic rings. The third kappa shape index (κ3) is 13.4. The van der Waals surface area contributed by atoms with Gasteiger partial charge >= 0.3 is 0 Å². The minimum absolute atomic E-state index is 0.0790. The van der Waals surface area contributed by atoms with Gasteiger partial charge in [0, 0.05) is 0 Å². The van der Waals surface area contributed by atoms with Crippen LogP contribution in [0.25, 0.3) is 0 Å². The van der Waals surface area contributed by atoms with Gasteiger partial charge in [0.1, 0.15) is 0 Å². The van der Waals surface area contributed by atoms with Crippen LogP contribution in [0.2, 0.25) is 0 Å². The predicted octanol–water partition coefficient (Wildman–Crippen LogP) is 23.5. The molecule has 12 aliphatic carbocycles. The maximum absolute atomic E-state index is 10.2. The lowest BCUT2D eigenvalue weighted by Gasteiger charge is -2.58. The second kappa shape index (κ2) is 28.1. The smallest absolute Gasteiger partial charge is 0.0577 e. The molecule has 508 valence electrons. The van der Waals surface area contributed by atoms with E-state index in [1.54, 1.807) is 16.7 Å². The van der Waals surface area contributed by atoms with Crippen LogP contribution in [0.3, 0.4) is 0 Å². The quantitative estimate of drug-likeness (QED) is 0.135. The first-order valence-electron chi connectivity index (χ1n) is 39.9. The fourth-order valence-electron chi connectivity index (χ4n) is 26.8. The average molecular weight is 1230 g/mol. The van der Waals surface area contributed by atoms with Crippen LogP contribution in [0.5, 0.6) is 0 Å². The highest BCUT2D eigenvalue weighted by atomic mass is 16.3. The molecule has 0 saturated heterocycles. The Hall–Kier alpha value is -1.16. The number of rotatable bonds is 16. The molecule has 0 aromatic carbocycles. The Balaban J connectivity index is 0.000000147. The molecule has 12 aliphatic rings. The summed E-state index contributed by atoms with van der Waals surface area (Å²) in [5.74, 6) is 18.2. The highest BCUT2D eigenvalue weighted by Crippen LogP contribution is 2.71. The normalized spacial score (nSPS) is 45.8. The van der Waals surface area contributed by atoms with Crippen LogP contribution in [0.4, 0.5) is 0 Å². The van der Waals surface area contributed by atoms with Gasteiger partial charge in [-0.3, -0.25) is 0 Å². The lowest BCUT2D eigenvalue weighted by Crippen LogP contribution is -2.50. The largest absolute Gasteiger partial charge is 0.393 e. The van der Waals surface area contributed by atoms with Crippen LogP contribution in [0.1, 0.15) is 317 Å². The van der Waals surface area contributed by atoms with Crippen molar-refractivity contribution in [1.29, 1.82) is 0 Å². The molecule has 0 heterocycles. The Morgan fingerprint density at radius 3 is 1.11 bits per heavy atom. The Kier molecular flexibility index (Phi) is 22.3. The summed E-state index contributed by atoms with van der Waals surface area (Å²) in [7, 11) is 0. The first kappa shape index (κ1) is 70.6. The number of aliphatic hydroxyl groups excluding tert-OH is 3. The first-order chi connectivity index (χ1) is 42.1. The molecule has 0 bridgehead atoms. The molecule has 0 aromatic heterocycles. The van der Waals surface area contributed by atoms with E-state index in [1.807, 2.05) is 0 Å². The zero-order chi connectivity index (χ0) is 64.3. The Labute approximate surface area is 551 Å². The molecule has 89 heavy (non-hydrogen) atoms. The van der Waals surface area contributed by atoms with E-state index >= 15 is 0 Å². The molecule has 0 amide bonds. The number of hydrogen-bond donors (Lipinski definition) is 3. The SMILES string of the molecule is CC(C)[C@H](C)CC[C@@H](C)C1CCC2C3CC=C4C[C@@H](O)CC[C@]4(C)C3CC[C@@]21C.CC[C@H](/C=C/[C@@H](C)C1CCC2C3CC=C4C[C@@H](O)CC[C@]4(C)C3CC[C@@]21C)C(C)C.CC[C@H](CC[C@@H](C)C1CCC2C3CC=C4C[C@@H](O)CC[C@]4(C)C3CC[C@@]21C)C(C)C. The van der Waals surface area contributed by atoms with Crippen LogP contribution >= 0.6 is 0 Å². The minimum atomic E-state index is -0.0870. The summed E-state index contributed by atoms with van der Waals surface area (Å²) in [6.07, 6.45) is 51.9. The minimum Gasteiger partial charge on any atom is -0.393 e. The van der Waals surface area contributed by atoms with Crippen LogP contribution in [0, 0.1) is 157 Å². The summed E-state index contributed by atoms with van der Waals surface area (Å²) in [6, 6.07) is 0. The molecule has 3 N–H and O–H groups in total. The van der Waals surface area contributed by atoms with E-state index in [0.717, 1.165) is 157 Å². The Bertz CT molecular complexity index is 2460. The first-order valence-corrected chi connectivity index (χ1v) is 39.9. The molecule has 3 nitrogen and oxygen atoms in total. The summed E-state index contributed by atoms with van der Waals surface area (Å²) in [4.78, 5) is 0. The summed E-state index contributed by atoms with van der Waals surface area (Å²) in [5.41, 5.74) is 7.68. The fourth-order valence-corrected chi connectivity index (χ4v) is 26.8. The lowest BCUT2D eigenvalue weighted by molar-refractivity contribution is -0.0575. The third-order valence-corrected chi connectivity index (χ3v) is 33.1. The van der Waals surface area contributed by atoms with Gasteiger partial charge in [0.2, 0.25) is 0 Å². The standard InChI is InChI=1S/C29H50O.C29H48O.C28H48O/c2*1-7-21(19(2)3)9-8-20(4)25-12-13-26-24-11-10-22-18-23(30)14-16-28(22,5)27(24)15-17-29(25,26)6;1-18(2)19(3)7-8-20(4)24-11-12-25-23-10-9-21-17-22(29)13-15-27(21,5)26(23)14-16-28(24,25)6/h10,19-21,23-27,30H,7-9,11-18H2,1-6H3;8-10,19-21,23-27,30H,7,11-18H2,1-6H3;9,18-20,22-26,29H,7-8,10-17H2,1-6H3/b;9-8+;/t2*20-,21-,23+,24?,25?,26?,27?,28+,29-;19-,20-,22+,23?,24?,25?,26?,27+,28-/m111/s1. The summed E-state index contributed by atoms with van der Waals surface area (Å²) in [6.45, 7) is 45.0. The molecule has 0 spiro atoms. The maximum Gasteiger partial charge on any atom is 0.0577 e. The van der Waals surface area contributed by atoms with Crippen LogP contribution < -0.4 is 0 Å². The molecular weight excluding hydrogens is 1080 g/mol. The van der Waals surface area contributed by atoms with Gasteiger partial charge in [0.25, 0.3) is 0 Å². The van der Waals surface area contributed by atoms with Gasteiger partial charge < -0.3 is 15.3 Å². The maximum atomic E-state index is 10.2. The van der Waals surface area contributed by atoms with Gasteiger partial charge in [-0.15, -0.1) is 0 Å². The summed E-state index contributed by atoms with van der Waals surface area (Å²) >= 11 is 0. The van der Waals surface area contributed by atoms with Crippen molar-refractivity contribution in [2.24, 2.45) is 157 Å². The summed E-state index contributed by atoms with van der Waals surface area (Å²) in [5, 5.41) is 30.7. The lowest BCUT2D eigenvalue weighted by atomic mass is 9.47. The van der Waals surface area contributed by atoms with Crippen LogP contribution in [-0.2, 0) is 0 Å². The molecule has 27 atom stereocenters. The molecule has 9 fully saturated rings. The topological polar surface area (TPSA) is 60.7 Å². The third-order valence-electron chi connectivity index (χ3n) is 33.1. The average Bonchev–Trinajstić information content (AvgIpc) is 1.73. The van der Waals surface area contributed by atoms with Gasteiger partial charge in [-0.05, 0) is 324 Å². The fraction of sp³-hybridized carbons (Fsp3) is 0.907. The predicted molar refractivity (Wildman–Crippen MR) is 380 cm³/mol. The van der Waals surface area contributed by atoms with Crippen molar-refractivity contribution in [3.63, 3.8) is 0 Å². The van der Waals surface area contributed by atoms with Crippen molar-refractivity contribution in [2.75, 3.05) is 0 Å². The van der Waals surface area contributed by atoms with Gasteiger partial charge in [0.15, 0.2) is 0 Å². The Morgan fingerprint density at radius 1 is 0.393 bits per heavy atom. The second-order valence-electron chi connectivity index (χ2n) is 38.0. The van der Waals surface area contributed by atoms with E-state index in [9.17, 15) is 15.3 Å².